The number of rotatable bonds is 3. The normalized spacial score (nSPS) is 19.3. The van der Waals surface area contributed by atoms with E-state index in [1.807, 2.05) is 17.0 Å². The summed E-state index contributed by atoms with van der Waals surface area (Å²) in [5, 5.41) is 1.12. The second kappa shape index (κ2) is 5.94. The number of halogens is 2. The van der Waals surface area contributed by atoms with E-state index in [2.05, 4.69) is 6.92 Å². The molecule has 0 unspecified atom stereocenters. The van der Waals surface area contributed by atoms with Gasteiger partial charge in [0.15, 0.2) is 0 Å². The molecule has 1 aromatic carbocycles. The minimum Gasteiger partial charge on any atom is -0.340 e. The lowest BCUT2D eigenvalue weighted by Gasteiger charge is -2.21. The molecule has 1 fully saturated rings. The summed E-state index contributed by atoms with van der Waals surface area (Å²) in [6, 6.07) is 5.94. The van der Waals surface area contributed by atoms with Crippen LogP contribution in [0, 0.1) is 0 Å². The van der Waals surface area contributed by atoms with Gasteiger partial charge in [-0.15, -0.1) is 0 Å². The first-order chi connectivity index (χ1) is 8.59. The zero-order chi connectivity index (χ0) is 13.1. The van der Waals surface area contributed by atoms with Gasteiger partial charge in [0, 0.05) is 19.0 Å². The number of carbonyl (C=O) groups is 1. The van der Waals surface area contributed by atoms with Crippen molar-refractivity contribution >= 4 is 29.1 Å². The van der Waals surface area contributed by atoms with Crippen LogP contribution >= 0.6 is 23.2 Å². The Morgan fingerprint density at radius 3 is 2.89 bits per heavy atom. The molecule has 18 heavy (non-hydrogen) atoms. The molecule has 1 saturated heterocycles. The SMILES string of the molecule is C[C@H]1CCCN1C(=O)CCc1cccc(Cl)c1Cl. The van der Waals surface area contributed by atoms with Crippen molar-refractivity contribution in [2.24, 2.45) is 0 Å². The van der Waals surface area contributed by atoms with Gasteiger partial charge in [-0.05, 0) is 37.8 Å². The number of carbonyl (C=O) groups excluding carboxylic acids is 1. The van der Waals surface area contributed by atoms with Crippen molar-refractivity contribution < 1.29 is 4.79 Å². The fourth-order valence-corrected chi connectivity index (χ4v) is 2.85. The van der Waals surface area contributed by atoms with Gasteiger partial charge < -0.3 is 4.90 Å². The van der Waals surface area contributed by atoms with Gasteiger partial charge in [-0.1, -0.05) is 35.3 Å². The molecule has 98 valence electrons. The maximum Gasteiger partial charge on any atom is 0.223 e. The summed E-state index contributed by atoms with van der Waals surface area (Å²) in [5.41, 5.74) is 0.948. The standard InChI is InChI=1S/C14H17Cl2NO/c1-10-4-3-9-17(10)13(18)8-7-11-5-2-6-12(15)14(11)16/h2,5-6,10H,3-4,7-9H2,1H3/t10-/m0/s1. The van der Waals surface area contributed by atoms with Gasteiger partial charge in [-0.25, -0.2) is 0 Å². The predicted octanol–water partition coefficient (Wildman–Crippen LogP) is 3.94. The Labute approximate surface area is 118 Å². The highest BCUT2D eigenvalue weighted by atomic mass is 35.5. The predicted molar refractivity (Wildman–Crippen MR) is 75.2 cm³/mol. The van der Waals surface area contributed by atoms with E-state index < -0.39 is 0 Å². The third-order valence-electron chi connectivity index (χ3n) is 3.51. The molecular formula is C14H17Cl2NO. The van der Waals surface area contributed by atoms with Crippen molar-refractivity contribution in [2.45, 2.75) is 38.6 Å². The van der Waals surface area contributed by atoms with Crippen LogP contribution in [0.15, 0.2) is 18.2 Å². The molecule has 0 bridgehead atoms. The van der Waals surface area contributed by atoms with E-state index in [9.17, 15) is 4.79 Å². The second-order valence-corrected chi connectivity index (χ2v) is 5.58. The molecule has 0 saturated carbocycles. The van der Waals surface area contributed by atoms with Crippen LogP contribution in [0.4, 0.5) is 0 Å². The Balaban J connectivity index is 1.95. The van der Waals surface area contributed by atoms with Gasteiger partial charge >= 0.3 is 0 Å². The first-order valence-corrected chi connectivity index (χ1v) is 7.07. The molecule has 4 heteroatoms. The minimum absolute atomic E-state index is 0.219. The maximum atomic E-state index is 12.1. The Kier molecular flexibility index (Phi) is 4.52. The van der Waals surface area contributed by atoms with Crippen LogP contribution in [0.3, 0.4) is 0 Å². The van der Waals surface area contributed by atoms with E-state index >= 15 is 0 Å². The Morgan fingerprint density at radius 1 is 1.44 bits per heavy atom. The van der Waals surface area contributed by atoms with Gasteiger partial charge in [-0.3, -0.25) is 4.79 Å². The molecule has 0 aromatic heterocycles. The monoisotopic (exact) mass is 285 g/mol. The van der Waals surface area contributed by atoms with Crippen molar-refractivity contribution in [1.29, 1.82) is 0 Å². The van der Waals surface area contributed by atoms with Crippen molar-refractivity contribution in [3.8, 4) is 0 Å². The number of aryl methyl sites for hydroxylation is 1. The van der Waals surface area contributed by atoms with Crippen molar-refractivity contribution in [1.82, 2.24) is 4.90 Å². The summed E-state index contributed by atoms with van der Waals surface area (Å²) in [7, 11) is 0. The van der Waals surface area contributed by atoms with Crippen LogP contribution in [0.25, 0.3) is 0 Å². The summed E-state index contributed by atoms with van der Waals surface area (Å²) in [4.78, 5) is 14.0. The molecule has 1 aliphatic heterocycles. The quantitative estimate of drug-likeness (QED) is 0.824. The van der Waals surface area contributed by atoms with Crippen LogP contribution < -0.4 is 0 Å². The van der Waals surface area contributed by atoms with Gasteiger partial charge in [0.25, 0.3) is 0 Å². The van der Waals surface area contributed by atoms with E-state index in [4.69, 9.17) is 23.2 Å². The lowest BCUT2D eigenvalue weighted by atomic mass is 10.1. The Bertz CT molecular complexity index is 447. The van der Waals surface area contributed by atoms with Crippen molar-refractivity contribution in [3.63, 3.8) is 0 Å². The van der Waals surface area contributed by atoms with E-state index in [1.165, 1.54) is 0 Å². The largest absolute Gasteiger partial charge is 0.340 e. The fourth-order valence-electron chi connectivity index (χ4n) is 2.43. The topological polar surface area (TPSA) is 20.3 Å². The lowest BCUT2D eigenvalue weighted by Crippen LogP contribution is -2.33. The fraction of sp³-hybridized carbons (Fsp3) is 0.500. The first kappa shape index (κ1) is 13.7. The molecule has 2 rings (SSSR count). The Morgan fingerprint density at radius 2 is 2.22 bits per heavy atom. The number of nitrogens with zero attached hydrogens (tertiary/aromatic N) is 1. The average Bonchev–Trinajstić information content (AvgIpc) is 2.77. The summed E-state index contributed by atoms with van der Waals surface area (Å²) in [5.74, 6) is 0.219. The summed E-state index contributed by atoms with van der Waals surface area (Å²) in [6.07, 6.45) is 3.39. The van der Waals surface area contributed by atoms with Gasteiger partial charge in [0.1, 0.15) is 0 Å². The van der Waals surface area contributed by atoms with Gasteiger partial charge in [0.2, 0.25) is 5.91 Å². The molecule has 2 nitrogen and oxygen atoms in total. The molecule has 0 spiro atoms. The third kappa shape index (κ3) is 2.99. The van der Waals surface area contributed by atoms with Gasteiger partial charge in [0.05, 0.1) is 10.0 Å². The first-order valence-electron chi connectivity index (χ1n) is 6.32. The highest BCUT2D eigenvalue weighted by Crippen LogP contribution is 2.27. The highest BCUT2D eigenvalue weighted by molar-refractivity contribution is 6.42. The molecule has 1 atom stereocenters. The molecule has 1 aliphatic rings. The highest BCUT2D eigenvalue weighted by Gasteiger charge is 2.24. The van der Waals surface area contributed by atoms with E-state index in [0.29, 0.717) is 28.9 Å². The van der Waals surface area contributed by atoms with Gasteiger partial charge in [-0.2, -0.15) is 0 Å². The van der Waals surface area contributed by atoms with Crippen molar-refractivity contribution in [3.05, 3.63) is 33.8 Å². The number of hydrogen-bond acceptors (Lipinski definition) is 1. The second-order valence-electron chi connectivity index (χ2n) is 4.79. The summed E-state index contributed by atoms with van der Waals surface area (Å²) < 4.78 is 0. The number of amides is 1. The molecule has 0 radical (unpaired) electrons. The number of likely N-dealkylation sites (tertiary alicyclic amines) is 1. The number of hydrogen-bond donors (Lipinski definition) is 0. The Hall–Kier alpha value is -0.730. The lowest BCUT2D eigenvalue weighted by molar-refractivity contribution is -0.131. The van der Waals surface area contributed by atoms with Crippen molar-refractivity contribution in [2.75, 3.05) is 6.54 Å². The summed E-state index contributed by atoms with van der Waals surface area (Å²) in [6.45, 7) is 3.00. The average molecular weight is 286 g/mol. The smallest absolute Gasteiger partial charge is 0.223 e. The maximum absolute atomic E-state index is 12.1. The van der Waals surface area contributed by atoms with E-state index in [1.54, 1.807) is 6.07 Å². The van der Waals surface area contributed by atoms with Crippen LogP contribution in [0.1, 0.15) is 31.7 Å². The zero-order valence-electron chi connectivity index (χ0n) is 10.5. The summed E-state index contributed by atoms with van der Waals surface area (Å²) >= 11 is 12.1. The molecule has 1 amide bonds. The van der Waals surface area contributed by atoms with Crippen LogP contribution in [0.2, 0.25) is 10.0 Å². The van der Waals surface area contributed by atoms with E-state index in [-0.39, 0.29) is 5.91 Å². The molecule has 0 N–H and O–H groups in total. The number of benzene rings is 1. The van der Waals surface area contributed by atoms with Crippen LogP contribution in [-0.2, 0) is 11.2 Å². The molecule has 1 aromatic rings. The zero-order valence-corrected chi connectivity index (χ0v) is 12.0. The minimum atomic E-state index is 0.219. The molecule has 0 aliphatic carbocycles. The molecule has 1 heterocycles. The van der Waals surface area contributed by atoms with Crippen LogP contribution in [0.5, 0.6) is 0 Å². The third-order valence-corrected chi connectivity index (χ3v) is 4.37. The molecular weight excluding hydrogens is 269 g/mol. The van der Waals surface area contributed by atoms with E-state index in [0.717, 1.165) is 24.9 Å². The van der Waals surface area contributed by atoms with Crippen LogP contribution in [-0.4, -0.2) is 23.4 Å².